The van der Waals surface area contributed by atoms with Crippen LogP contribution in [-0.4, -0.2) is 48.1 Å². The number of hydrogen-bond acceptors (Lipinski definition) is 4. The van der Waals surface area contributed by atoms with E-state index in [0.717, 1.165) is 5.56 Å². The van der Waals surface area contributed by atoms with E-state index in [1.807, 2.05) is 39.8 Å². The lowest BCUT2D eigenvalue weighted by Crippen LogP contribution is -2.59. The number of anilines is 1. The third kappa shape index (κ3) is 3.69. The fourth-order valence-electron chi connectivity index (χ4n) is 3.58. The van der Waals surface area contributed by atoms with Gasteiger partial charge < -0.3 is 15.7 Å². The molecule has 0 aromatic heterocycles. The maximum absolute atomic E-state index is 13.4. The molecule has 2 amide bonds. The van der Waals surface area contributed by atoms with Gasteiger partial charge in [0.2, 0.25) is 5.91 Å². The van der Waals surface area contributed by atoms with Crippen LogP contribution in [0.25, 0.3) is 0 Å². The van der Waals surface area contributed by atoms with Crippen molar-refractivity contribution in [1.82, 2.24) is 10.6 Å². The molecule has 7 heteroatoms. The molecule has 0 spiro atoms. The first-order chi connectivity index (χ1) is 12.5. The normalized spacial score (nSPS) is 20.1. The van der Waals surface area contributed by atoms with E-state index in [1.165, 1.54) is 4.90 Å². The topological polar surface area (TPSA) is 98.7 Å². The van der Waals surface area contributed by atoms with Crippen molar-refractivity contribution in [2.24, 2.45) is 5.92 Å². The van der Waals surface area contributed by atoms with Crippen LogP contribution in [0.4, 0.5) is 5.69 Å². The molecule has 0 bridgehead atoms. The number of likely N-dealkylation sites (N-methyl/N-ethyl adjacent to an activating group) is 1. The Hall–Kier alpha value is -2.41. The molecule has 0 aliphatic carbocycles. The number of rotatable bonds is 6. The molecule has 1 aliphatic rings. The molecule has 1 aromatic rings. The van der Waals surface area contributed by atoms with E-state index in [0.29, 0.717) is 5.69 Å². The van der Waals surface area contributed by atoms with Crippen LogP contribution in [0, 0.1) is 5.92 Å². The summed E-state index contributed by atoms with van der Waals surface area (Å²) in [4.78, 5) is 39.2. The first kappa shape index (κ1) is 20.9. The Labute approximate surface area is 160 Å². The smallest absolute Gasteiger partial charge is 0.327 e. The van der Waals surface area contributed by atoms with Gasteiger partial charge in [0.15, 0.2) is 0 Å². The second-order valence-corrected chi connectivity index (χ2v) is 7.93. The van der Waals surface area contributed by atoms with Crippen molar-refractivity contribution in [3.05, 3.63) is 29.8 Å². The Bertz CT molecular complexity index is 744. The first-order valence-electron chi connectivity index (χ1n) is 9.17. The largest absolute Gasteiger partial charge is 0.480 e. The van der Waals surface area contributed by atoms with Gasteiger partial charge in [-0.2, -0.15) is 0 Å². The van der Waals surface area contributed by atoms with Crippen molar-refractivity contribution in [1.29, 1.82) is 0 Å². The van der Waals surface area contributed by atoms with E-state index in [4.69, 9.17) is 0 Å². The monoisotopic (exact) mass is 375 g/mol. The molecule has 2 rings (SSSR count). The Kier molecular flexibility index (Phi) is 5.94. The molecule has 0 fully saturated rings. The molecular weight excluding hydrogens is 346 g/mol. The van der Waals surface area contributed by atoms with Crippen LogP contribution in [0.1, 0.15) is 40.2 Å². The van der Waals surface area contributed by atoms with Crippen LogP contribution in [0.3, 0.4) is 0 Å². The van der Waals surface area contributed by atoms with Gasteiger partial charge in [0.05, 0.1) is 6.04 Å². The number of para-hydroxylation sites is 1. The minimum Gasteiger partial charge on any atom is -0.480 e. The quantitative estimate of drug-likeness (QED) is 0.700. The third-order valence-corrected chi connectivity index (χ3v) is 5.33. The molecule has 3 N–H and O–H groups in total. The Morgan fingerprint density at radius 2 is 1.74 bits per heavy atom. The summed E-state index contributed by atoms with van der Waals surface area (Å²) in [5.41, 5.74) is 0.645. The fourth-order valence-corrected chi connectivity index (χ4v) is 3.58. The van der Waals surface area contributed by atoms with Gasteiger partial charge in [0.25, 0.3) is 5.91 Å². The van der Waals surface area contributed by atoms with E-state index in [1.54, 1.807) is 26.1 Å². The minimum absolute atomic E-state index is 0.198. The zero-order chi connectivity index (χ0) is 20.5. The lowest BCUT2D eigenvalue weighted by atomic mass is 9.80. The van der Waals surface area contributed by atoms with Crippen LogP contribution in [0.5, 0.6) is 0 Å². The number of nitrogens with zero attached hydrogens (tertiary/aromatic N) is 1. The lowest BCUT2D eigenvalue weighted by molar-refractivity contribution is -0.141. The second-order valence-electron chi connectivity index (χ2n) is 7.93. The average Bonchev–Trinajstić information content (AvgIpc) is 2.85. The number of benzene rings is 1. The predicted molar refractivity (Wildman–Crippen MR) is 104 cm³/mol. The average molecular weight is 375 g/mol. The molecule has 3 atom stereocenters. The molecule has 0 saturated carbocycles. The third-order valence-electron chi connectivity index (χ3n) is 5.33. The fraction of sp³-hybridized carbons (Fsp3) is 0.550. The van der Waals surface area contributed by atoms with Crippen molar-refractivity contribution < 1.29 is 19.5 Å². The summed E-state index contributed by atoms with van der Waals surface area (Å²) in [7, 11) is 1.66. The van der Waals surface area contributed by atoms with Gasteiger partial charge in [-0.15, -0.1) is 0 Å². The molecule has 148 valence electrons. The van der Waals surface area contributed by atoms with Gasteiger partial charge in [0.1, 0.15) is 12.1 Å². The van der Waals surface area contributed by atoms with E-state index < -0.39 is 35.4 Å². The van der Waals surface area contributed by atoms with Crippen LogP contribution in [0.15, 0.2) is 24.3 Å². The molecule has 27 heavy (non-hydrogen) atoms. The summed E-state index contributed by atoms with van der Waals surface area (Å²) < 4.78 is 0. The number of carbonyl (C=O) groups is 3. The Morgan fingerprint density at radius 1 is 1.15 bits per heavy atom. The van der Waals surface area contributed by atoms with Crippen molar-refractivity contribution in [2.45, 2.75) is 58.2 Å². The number of aliphatic carboxylic acids is 1. The highest BCUT2D eigenvalue weighted by molar-refractivity contribution is 6.07. The second kappa shape index (κ2) is 7.68. The summed E-state index contributed by atoms with van der Waals surface area (Å²) in [5.74, 6) is -1.98. The molecule has 0 unspecified atom stereocenters. The van der Waals surface area contributed by atoms with Gasteiger partial charge in [0, 0.05) is 11.1 Å². The summed E-state index contributed by atoms with van der Waals surface area (Å²) in [6.07, 6.45) is 0. The molecule has 0 saturated heterocycles. The molecule has 0 radical (unpaired) electrons. The number of fused-ring (bicyclic) bond motifs is 1. The highest BCUT2D eigenvalue weighted by Gasteiger charge is 2.52. The Morgan fingerprint density at radius 3 is 2.26 bits per heavy atom. The summed E-state index contributed by atoms with van der Waals surface area (Å²) in [6, 6.07) is 4.91. The van der Waals surface area contributed by atoms with Crippen LogP contribution < -0.4 is 15.5 Å². The SMILES string of the molecule is CN[C@@H](C)C(=O)N[C@H](C(=O)N1c2ccccc2C(C)(C)[C@H]1C(=O)O)C(C)C. The number of amides is 2. The molecular formula is C20H29N3O4. The van der Waals surface area contributed by atoms with Gasteiger partial charge in [-0.3, -0.25) is 14.5 Å². The lowest BCUT2D eigenvalue weighted by Gasteiger charge is -2.33. The number of carbonyl (C=O) groups excluding carboxylic acids is 2. The van der Waals surface area contributed by atoms with Crippen LogP contribution >= 0.6 is 0 Å². The van der Waals surface area contributed by atoms with Crippen molar-refractivity contribution in [3.63, 3.8) is 0 Å². The highest BCUT2D eigenvalue weighted by Crippen LogP contribution is 2.45. The van der Waals surface area contributed by atoms with Crippen molar-refractivity contribution in [2.75, 3.05) is 11.9 Å². The maximum Gasteiger partial charge on any atom is 0.327 e. The first-order valence-corrected chi connectivity index (χ1v) is 9.17. The van der Waals surface area contributed by atoms with E-state index in [9.17, 15) is 19.5 Å². The zero-order valence-corrected chi connectivity index (χ0v) is 16.7. The van der Waals surface area contributed by atoms with Crippen molar-refractivity contribution >= 4 is 23.5 Å². The van der Waals surface area contributed by atoms with E-state index in [2.05, 4.69) is 10.6 Å². The molecule has 1 aromatic carbocycles. The summed E-state index contributed by atoms with van der Waals surface area (Å²) in [6.45, 7) is 9.00. The predicted octanol–water partition coefficient (Wildman–Crippen LogP) is 1.51. The minimum atomic E-state index is -1.07. The van der Waals surface area contributed by atoms with E-state index >= 15 is 0 Å². The maximum atomic E-state index is 13.4. The summed E-state index contributed by atoms with van der Waals surface area (Å²) in [5, 5.41) is 15.5. The number of nitrogens with one attached hydrogen (secondary N) is 2. The van der Waals surface area contributed by atoms with Gasteiger partial charge in [-0.05, 0) is 31.5 Å². The van der Waals surface area contributed by atoms with Gasteiger partial charge >= 0.3 is 5.97 Å². The number of hydrogen-bond donors (Lipinski definition) is 3. The zero-order valence-electron chi connectivity index (χ0n) is 16.7. The van der Waals surface area contributed by atoms with Crippen LogP contribution in [-0.2, 0) is 19.8 Å². The van der Waals surface area contributed by atoms with E-state index in [-0.39, 0.29) is 11.8 Å². The van der Waals surface area contributed by atoms with Gasteiger partial charge in [-0.1, -0.05) is 45.9 Å². The summed E-state index contributed by atoms with van der Waals surface area (Å²) >= 11 is 0. The molecule has 7 nitrogen and oxygen atoms in total. The molecule has 1 heterocycles. The molecule has 1 aliphatic heterocycles. The van der Waals surface area contributed by atoms with Crippen LogP contribution in [0.2, 0.25) is 0 Å². The highest BCUT2D eigenvalue weighted by atomic mass is 16.4. The van der Waals surface area contributed by atoms with Gasteiger partial charge in [-0.25, -0.2) is 4.79 Å². The van der Waals surface area contributed by atoms with Crippen molar-refractivity contribution in [3.8, 4) is 0 Å². The Balaban J connectivity index is 2.47. The number of carboxylic acid groups (broad SMARTS) is 1. The number of carboxylic acids is 1. The standard InChI is InChI=1S/C20H29N3O4/c1-11(2)15(22-17(24)12(3)21-6)18(25)23-14-10-8-7-9-13(14)20(4,5)16(23)19(26)27/h7-12,15-16,21H,1-6H3,(H,22,24)(H,26,27)/t12-,15-,16+/m0/s1.